The molecule has 1 rings (SSSR count). The highest BCUT2D eigenvalue weighted by molar-refractivity contribution is 7.89. The van der Waals surface area contributed by atoms with E-state index in [1.165, 1.54) is 12.1 Å². The molecule has 124 valence electrons. The lowest BCUT2D eigenvalue weighted by Crippen LogP contribution is -2.38. The smallest absolute Gasteiger partial charge is 0.243 e. The maximum absolute atomic E-state index is 12.1. The van der Waals surface area contributed by atoms with Gasteiger partial charge in [0, 0.05) is 25.6 Å². The largest absolute Gasteiger partial charge is 0.355 e. The first kappa shape index (κ1) is 19.2. The molecule has 0 heterocycles. The summed E-state index contributed by atoms with van der Waals surface area (Å²) in [6.07, 6.45) is 0.0255. The molecule has 0 fully saturated rings. The molecule has 6 nitrogen and oxygen atoms in total. The summed E-state index contributed by atoms with van der Waals surface area (Å²) in [5.74, 6) is -0.241. The summed E-state index contributed by atoms with van der Waals surface area (Å²) in [6.45, 7) is 2.35. The van der Waals surface area contributed by atoms with E-state index >= 15 is 0 Å². The van der Waals surface area contributed by atoms with Crippen molar-refractivity contribution in [3.8, 4) is 0 Å². The number of amides is 1. The first-order valence-corrected chi connectivity index (χ1v) is 8.89. The van der Waals surface area contributed by atoms with Gasteiger partial charge in [0.2, 0.25) is 15.9 Å². The molecule has 1 aromatic rings. The van der Waals surface area contributed by atoms with E-state index < -0.39 is 10.0 Å². The summed E-state index contributed by atoms with van der Waals surface area (Å²) in [4.78, 5) is 11.4. The number of sulfonamides is 1. The van der Waals surface area contributed by atoms with Crippen molar-refractivity contribution in [2.45, 2.75) is 24.3 Å². The lowest BCUT2D eigenvalue weighted by molar-refractivity contribution is -0.121. The summed E-state index contributed by atoms with van der Waals surface area (Å²) in [6, 6.07) is 4.57. The van der Waals surface area contributed by atoms with Crippen molar-refractivity contribution in [1.82, 2.24) is 15.4 Å². The van der Waals surface area contributed by atoms with E-state index in [9.17, 15) is 13.2 Å². The van der Waals surface area contributed by atoms with Gasteiger partial charge in [-0.3, -0.25) is 4.79 Å². The molecule has 0 aliphatic heterocycles. The molecule has 1 atom stereocenters. The third-order valence-corrected chi connectivity index (χ3v) is 5.35. The van der Waals surface area contributed by atoms with Crippen LogP contribution in [-0.4, -0.2) is 40.5 Å². The summed E-state index contributed by atoms with van der Waals surface area (Å²) >= 11 is 11.7. The molecule has 0 saturated heterocycles. The van der Waals surface area contributed by atoms with Crippen molar-refractivity contribution in [3.05, 3.63) is 28.2 Å². The molecule has 0 aliphatic carbocycles. The minimum Gasteiger partial charge on any atom is -0.355 e. The van der Waals surface area contributed by atoms with Crippen LogP contribution in [-0.2, 0) is 14.8 Å². The molecule has 0 radical (unpaired) electrons. The van der Waals surface area contributed by atoms with E-state index in [1.54, 1.807) is 13.1 Å². The van der Waals surface area contributed by atoms with E-state index in [-0.39, 0.29) is 39.9 Å². The predicted molar refractivity (Wildman–Crippen MR) is 87.8 cm³/mol. The van der Waals surface area contributed by atoms with Crippen molar-refractivity contribution in [2.24, 2.45) is 0 Å². The van der Waals surface area contributed by atoms with Crippen molar-refractivity contribution in [3.63, 3.8) is 0 Å². The summed E-state index contributed by atoms with van der Waals surface area (Å²) in [5, 5.41) is 5.74. The van der Waals surface area contributed by atoms with Crippen LogP contribution in [0.2, 0.25) is 10.0 Å². The van der Waals surface area contributed by atoms with Crippen LogP contribution in [0.15, 0.2) is 23.1 Å². The zero-order valence-corrected chi connectivity index (χ0v) is 14.6. The second-order valence-electron chi connectivity index (χ2n) is 4.69. The summed E-state index contributed by atoms with van der Waals surface area (Å²) in [5.41, 5.74) is 0. The standard InChI is InChI=1S/C13H19Cl2N3O3S/c1-9(16-2)8-17-12(19)6-7-18-22(20,21)13-10(14)4-3-5-11(13)15/h3-5,9,16,18H,6-8H2,1-2H3,(H,17,19). The van der Waals surface area contributed by atoms with E-state index in [4.69, 9.17) is 23.2 Å². The molecule has 0 aromatic heterocycles. The van der Waals surface area contributed by atoms with E-state index in [0.29, 0.717) is 6.54 Å². The second kappa shape index (κ2) is 8.69. The van der Waals surface area contributed by atoms with Gasteiger partial charge in [-0.15, -0.1) is 0 Å². The van der Waals surface area contributed by atoms with E-state index in [0.717, 1.165) is 0 Å². The minimum absolute atomic E-state index is 0.0255. The third kappa shape index (κ3) is 5.73. The molecule has 22 heavy (non-hydrogen) atoms. The third-order valence-electron chi connectivity index (χ3n) is 2.93. The second-order valence-corrected chi connectivity index (χ2v) is 7.21. The van der Waals surface area contributed by atoms with Gasteiger partial charge < -0.3 is 10.6 Å². The Bertz CT molecular complexity index is 603. The highest BCUT2D eigenvalue weighted by atomic mass is 35.5. The zero-order chi connectivity index (χ0) is 16.8. The number of benzene rings is 1. The topological polar surface area (TPSA) is 87.3 Å². The monoisotopic (exact) mass is 367 g/mol. The van der Waals surface area contributed by atoms with Crippen LogP contribution in [0.3, 0.4) is 0 Å². The highest BCUT2D eigenvalue weighted by Crippen LogP contribution is 2.28. The highest BCUT2D eigenvalue weighted by Gasteiger charge is 2.21. The lowest BCUT2D eigenvalue weighted by atomic mass is 10.3. The molecule has 0 saturated carbocycles. The van der Waals surface area contributed by atoms with Crippen LogP contribution in [0.5, 0.6) is 0 Å². The van der Waals surface area contributed by atoms with Gasteiger partial charge in [0.1, 0.15) is 4.90 Å². The van der Waals surface area contributed by atoms with Gasteiger partial charge in [0.25, 0.3) is 0 Å². The molecule has 3 N–H and O–H groups in total. The van der Waals surface area contributed by atoms with Gasteiger partial charge in [-0.25, -0.2) is 13.1 Å². The van der Waals surface area contributed by atoms with E-state index in [2.05, 4.69) is 15.4 Å². The number of nitrogens with one attached hydrogen (secondary N) is 3. The van der Waals surface area contributed by atoms with Crippen LogP contribution in [0.25, 0.3) is 0 Å². The van der Waals surface area contributed by atoms with Crippen molar-refractivity contribution in [2.75, 3.05) is 20.1 Å². The molecule has 0 bridgehead atoms. The fourth-order valence-electron chi connectivity index (χ4n) is 1.57. The van der Waals surface area contributed by atoms with Crippen molar-refractivity contribution in [1.29, 1.82) is 0 Å². The molecule has 1 unspecified atom stereocenters. The Labute approximate surface area is 140 Å². The minimum atomic E-state index is -3.86. The average Bonchev–Trinajstić information content (AvgIpc) is 2.44. The number of carbonyl (C=O) groups is 1. The number of hydrogen-bond donors (Lipinski definition) is 3. The van der Waals surface area contributed by atoms with Crippen molar-refractivity contribution < 1.29 is 13.2 Å². The van der Waals surface area contributed by atoms with E-state index in [1.807, 2.05) is 6.92 Å². The molecule has 1 aromatic carbocycles. The molecule has 9 heteroatoms. The van der Waals surface area contributed by atoms with Crippen LogP contribution in [0, 0.1) is 0 Å². The van der Waals surface area contributed by atoms with Crippen LogP contribution in [0.1, 0.15) is 13.3 Å². The quantitative estimate of drug-likeness (QED) is 0.647. The van der Waals surface area contributed by atoms with Gasteiger partial charge in [-0.2, -0.15) is 0 Å². The molecule has 1 amide bonds. The Hall–Kier alpha value is -0.860. The molecular formula is C13H19Cl2N3O3S. The summed E-state index contributed by atoms with van der Waals surface area (Å²) < 4.78 is 26.6. The predicted octanol–water partition coefficient (Wildman–Crippen LogP) is 1.39. The first-order valence-electron chi connectivity index (χ1n) is 6.65. The Morgan fingerprint density at radius 1 is 1.27 bits per heavy atom. The maximum atomic E-state index is 12.1. The number of halogens is 2. The SMILES string of the molecule is CNC(C)CNC(=O)CCNS(=O)(=O)c1c(Cl)cccc1Cl. The Morgan fingerprint density at radius 2 is 1.86 bits per heavy atom. The number of rotatable bonds is 8. The van der Waals surface area contributed by atoms with Gasteiger partial charge in [-0.1, -0.05) is 29.3 Å². The van der Waals surface area contributed by atoms with Gasteiger partial charge >= 0.3 is 0 Å². The first-order chi connectivity index (χ1) is 10.3. The average molecular weight is 368 g/mol. The molecular weight excluding hydrogens is 349 g/mol. The fraction of sp³-hybridized carbons (Fsp3) is 0.462. The lowest BCUT2D eigenvalue weighted by Gasteiger charge is -2.12. The number of carbonyl (C=O) groups excluding carboxylic acids is 1. The fourth-order valence-corrected chi connectivity index (χ4v) is 3.74. The van der Waals surface area contributed by atoms with Crippen LogP contribution < -0.4 is 15.4 Å². The number of hydrogen-bond acceptors (Lipinski definition) is 4. The summed E-state index contributed by atoms with van der Waals surface area (Å²) in [7, 11) is -2.07. The van der Waals surface area contributed by atoms with Gasteiger partial charge in [-0.05, 0) is 26.1 Å². The Balaban J connectivity index is 2.55. The Kier molecular flexibility index (Phi) is 7.58. The zero-order valence-electron chi connectivity index (χ0n) is 12.3. The molecule has 0 aliphatic rings. The maximum Gasteiger partial charge on any atom is 0.243 e. The van der Waals surface area contributed by atoms with Gasteiger partial charge in [0.05, 0.1) is 10.0 Å². The van der Waals surface area contributed by atoms with Crippen LogP contribution >= 0.6 is 23.2 Å². The number of likely N-dealkylation sites (N-methyl/N-ethyl adjacent to an activating group) is 1. The van der Waals surface area contributed by atoms with Crippen molar-refractivity contribution >= 4 is 39.1 Å². The Morgan fingerprint density at radius 3 is 2.41 bits per heavy atom. The normalized spacial score (nSPS) is 12.9. The van der Waals surface area contributed by atoms with Crippen LogP contribution in [0.4, 0.5) is 0 Å². The molecule has 0 spiro atoms. The van der Waals surface area contributed by atoms with Gasteiger partial charge in [0.15, 0.2) is 0 Å².